The van der Waals surface area contributed by atoms with Crippen molar-refractivity contribution in [3.05, 3.63) is 56.5 Å². The Bertz CT molecular complexity index is 715. The van der Waals surface area contributed by atoms with Crippen LogP contribution in [0.2, 0.25) is 0 Å². The van der Waals surface area contributed by atoms with E-state index in [0.29, 0.717) is 10.2 Å². The van der Waals surface area contributed by atoms with Crippen LogP contribution in [0.25, 0.3) is 0 Å². The molecular formula is C18H22Br2N2O4. The molecule has 8 heteroatoms. The van der Waals surface area contributed by atoms with Crippen molar-refractivity contribution in [3.63, 3.8) is 0 Å². The molecule has 3 rings (SSSR count). The summed E-state index contributed by atoms with van der Waals surface area (Å²) in [5, 5.41) is 17.3. The molecule has 0 saturated carbocycles. The number of benzene rings is 2. The minimum absolute atomic E-state index is 0.00866. The largest absolute Gasteiger partial charge is 0.478 e. The first-order valence-electron chi connectivity index (χ1n) is 7.86. The van der Waals surface area contributed by atoms with E-state index in [9.17, 15) is 4.79 Å². The van der Waals surface area contributed by atoms with Gasteiger partial charge in [-0.1, -0.05) is 31.9 Å². The summed E-state index contributed by atoms with van der Waals surface area (Å²) in [5.74, 6) is -1.01. The summed E-state index contributed by atoms with van der Waals surface area (Å²) in [4.78, 5) is 10.5. The third-order valence-corrected chi connectivity index (χ3v) is 4.33. The highest BCUT2D eigenvalue weighted by Gasteiger charge is 2.06. The van der Waals surface area contributed by atoms with Gasteiger partial charge in [-0.15, -0.1) is 0 Å². The lowest BCUT2D eigenvalue weighted by Gasteiger charge is -2.00. The van der Waals surface area contributed by atoms with Crippen LogP contribution in [-0.2, 0) is 11.3 Å². The molecule has 142 valence electrons. The zero-order valence-corrected chi connectivity index (χ0v) is 17.3. The van der Waals surface area contributed by atoms with Crippen molar-refractivity contribution >= 4 is 49.2 Å². The van der Waals surface area contributed by atoms with Gasteiger partial charge in [0, 0.05) is 39.1 Å². The first-order valence-corrected chi connectivity index (χ1v) is 9.44. The number of hydrogen-bond donors (Lipinski definition) is 4. The van der Waals surface area contributed by atoms with Gasteiger partial charge in [-0.25, -0.2) is 4.79 Å². The Hall–Kier alpha value is -1.61. The van der Waals surface area contributed by atoms with Crippen LogP contribution in [0.5, 0.6) is 0 Å². The van der Waals surface area contributed by atoms with E-state index in [-0.39, 0.29) is 17.9 Å². The molecule has 1 fully saturated rings. The lowest BCUT2D eigenvalue weighted by Crippen LogP contribution is -2.01. The summed E-state index contributed by atoms with van der Waals surface area (Å²) in [5.41, 5.74) is 12.7. The molecule has 1 heterocycles. The van der Waals surface area contributed by atoms with Crippen molar-refractivity contribution in [1.82, 2.24) is 0 Å². The van der Waals surface area contributed by atoms with E-state index in [2.05, 4.69) is 31.9 Å². The average molecular weight is 490 g/mol. The number of nitrogen functional groups attached to an aromatic ring is 2. The quantitative estimate of drug-likeness (QED) is 0.472. The Morgan fingerprint density at radius 3 is 1.92 bits per heavy atom. The molecule has 2 aromatic carbocycles. The van der Waals surface area contributed by atoms with Crippen LogP contribution >= 0.6 is 31.9 Å². The van der Waals surface area contributed by atoms with E-state index in [1.165, 1.54) is 18.9 Å². The average Bonchev–Trinajstić information content (AvgIpc) is 3.19. The number of carbonyl (C=O) groups is 1. The van der Waals surface area contributed by atoms with Gasteiger partial charge in [0.25, 0.3) is 0 Å². The van der Waals surface area contributed by atoms with Crippen LogP contribution in [0.15, 0.2) is 45.3 Å². The number of rotatable bonds is 2. The standard InChI is InChI=1S/C7H6BrNO2.C7H8BrNO.C4H8O/c8-4-1-2-6(9)5(3-4)7(10)11;8-6-1-2-7(9)5(3-6)4-10;1-2-4-5-3-1/h1-3H,9H2,(H,10,11);1-3,10H,4,9H2;1-4H2. The molecule has 0 spiro atoms. The van der Waals surface area contributed by atoms with Gasteiger partial charge in [-0.2, -0.15) is 0 Å². The summed E-state index contributed by atoms with van der Waals surface area (Å²) in [6.45, 7) is 1.99. The zero-order valence-electron chi connectivity index (χ0n) is 14.1. The number of nitrogens with two attached hydrogens (primary N) is 2. The van der Waals surface area contributed by atoms with Crippen molar-refractivity contribution < 1.29 is 19.7 Å². The number of halogens is 2. The molecule has 0 aliphatic carbocycles. The minimum Gasteiger partial charge on any atom is -0.478 e. The smallest absolute Gasteiger partial charge is 0.337 e. The molecule has 0 aromatic heterocycles. The van der Waals surface area contributed by atoms with Gasteiger partial charge in [-0.05, 0) is 49.2 Å². The predicted octanol–water partition coefficient (Wildman–Crippen LogP) is 4.05. The summed E-state index contributed by atoms with van der Waals surface area (Å²) in [7, 11) is 0. The predicted molar refractivity (Wildman–Crippen MR) is 110 cm³/mol. The van der Waals surface area contributed by atoms with Gasteiger partial charge in [-0.3, -0.25) is 0 Å². The normalized spacial score (nSPS) is 12.4. The van der Waals surface area contributed by atoms with E-state index in [0.717, 1.165) is 23.2 Å². The van der Waals surface area contributed by atoms with Gasteiger partial charge >= 0.3 is 5.97 Å². The Kier molecular flexibility index (Phi) is 10.3. The van der Waals surface area contributed by atoms with Crippen LogP contribution < -0.4 is 11.5 Å². The number of aliphatic hydroxyl groups is 1. The first kappa shape index (κ1) is 22.4. The number of aliphatic hydroxyl groups excluding tert-OH is 1. The molecule has 2 aromatic rings. The van der Waals surface area contributed by atoms with E-state index in [4.69, 9.17) is 26.4 Å². The van der Waals surface area contributed by atoms with Gasteiger partial charge in [0.2, 0.25) is 0 Å². The molecule has 6 nitrogen and oxygen atoms in total. The molecule has 6 N–H and O–H groups in total. The van der Waals surface area contributed by atoms with Crippen molar-refractivity contribution in [3.8, 4) is 0 Å². The Morgan fingerprint density at radius 2 is 1.54 bits per heavy atom. The van der Waals surface area contributed by atoms with Gasteiger partial charge in [0.15, 0.2) is 0 Å². The summed E-state index contributed by atoms with van der Waals surface area (Å²) >= 11 is 6.42. The number of anilines is 2. The fourth-order valence-corrected chi connectivity index (χ4v) is 2.70. The summed E-state index contributed by atoms with van der Waals surface area (Å²) < 4.78 is 6.59. The Morgan fingerprint density at radius 1 is 1.00 bits per heavy atom. The summed E-state index contributed by atoms with van der Waals surface area (Å²) in [6.07, 6.45) is 2.56. The maximum absolute atomic E-state index is 10.5. The van der Waals surface area contributed by atoms with E-state index in [1.54, 1.807) is 24.3 Å². The second kappa shape index (κ2) is 11.9. The second-order valence-corrected chi connectivity index (χ2v) is 7.19. The molecule has 0 radical (unpaired) electrons. The number of aromatic carboxylic acids is 1. The number of hydrogen-bond acceptors (Lipinski definition) is 5. The third kappa shape index (κ3) is 8.18. The van der Waals surface area contributed by atoms with Crippen LogP contribution in [-0.4, -0.2) is 29.4 Å². The zero-order chi connectivity index (χ0) is 19.5. The topological polar surface area (TPSA) is 119 Å². The van der Waals surface area contributed by atoms with Crippen LogP contribution in [0.1, 0.15) is 28.8 Å². The van der Waals surface area contributed by atoms with Crippen molar-refractivity contribution in [1.29, 1.82) is 0 Å². The highest BCUT2D eigenvalue weighted by atomic mass is 79.9. The first-order chi connectivity index (χ1) is 12.3. The van der Waals surface area contributed by atoms with E-state index < -0.39 is 5.97 Å². The summed E-state index contributed by atoms with van der Waals surface area (Å²) in [6, 6.07) is 10.1. The number of carboxylic acid groups (broad SMARTS) is 1. The molecule has 1 saturated heterocycles. The molecule has 0 unspecified atom stereocenters. The van der Waals surface area contributed by atoms with E-state index >= 15 is 0 Å². The molecule has 26 heavy (non-hydrogen) atoms. The Labute approximate surface area is 169 Å². The molecule has 0 bridgehead atoms. The van der Waals surface area contributed by atoms with Crippen LogP contribution in [0.3, 0.4) is 0 Å². The molecular weight excluding hydrogens is 468 g/mol. The minimum atomic E-state index is -1.01. The highest BCUT2D eigenvalue weighted by molar-refractivity contribution is 9.10. The molecule has 0 atom stereocenters. The van der Waals surface area contributed by atoms with Gasteiger partial charge in [0.1, 0.15) is 0 Å². The van der Waals surface area contributed by atoms with E-state index in [1.807, 2.05) is 6.07 Å². The van der Waals surface area contributed by atoms with Crippen molar-refractivity contribution in [2.45, 2.75) is 19.4 Å². The third-order valence-electron chi connectivity index (χ3n) is 3.35. The van der Waals surface area contributed by atoms with Crippen LogP contribution in [0, 0.1) is 0 Å². The second-order valence-electron chi connectivity index (χ2n) is 5.36. The molecule has 1 aliphatic heterocycles. The lowest BCUT2D eigenvalue weighted by molar-refractivity contribution is 0.0698. The Balaban J connectivity index is 0.000000208. The SMILES string of the molecule is C1CCOC1.Nc1ccc(Br)cc1C(=O)O.Nc1ccc(Br)cc1CO. The number of carboxylic acids is 1. The molecule has 1 aliphatic rings. The maximum atomic E-state index is 10.5. The molecule has 0 amide bonds. The fraction of sp³-hybridized carbons (Fsp3) is 0.278. The van der Waals surface area contributed by atoms with Gasteiger partial charge < -0.3 is 26.4 Å². The highest BCUT2D eigenvalue weighted by Crippen LogP contribution is 2.18. The van der Waals surface area contributed by atoms with Crippen molar-refractivity contribution in [2.75, 3.05) is 24.7 Å². The van der Waals surface area contributed by atoms with Gasteiger partial charge in [0.05, 0.1) is 12.2 Å². The van der Waals surface area contributed by atoms with Crippen LogP contribution in [0.4, 0.5) is 11.4 Å². The fourth-order valence-electron chi connectivity index (χ4n) is 1.94. The maximum Gasteiger partial charge on any atom is 0.337 e. The lowest BCUT2D eigenvalue weighted by atomic mass is 10.2. The van der Waals surface area contributed by atoms with Crippen molar-refractivity contribution in [2.24, 2.45) is 0 Å². The monoisotopic (exact) mass is 488 g/mol. The number of ether oxygens (including phenoxy) is 1.